The van der Waals surface area contributed by atoms with Crippen LogP contribution in [0.1, 0.15) is 26.3 Å². The molecule has 0 aromatic heterocycles. The molecule has 1 spiro atoms. The fourth-order valence-corrected chi connectivity index (χ4v) is 2.79. The number of carbonyl (C=O) groups is 2. The van der Waals surface area contributed by atoms with Gasteiger partial charge < -0.3 is 14.2 Å². The average molecular weight is 331 g/mol. The molecule has 2 aliphatic rings. The van der Waals surface area contributed by atoms with Crippen molar-refractivity contribution in [1.82, 2.24) is 0 Å². The van der Waals surface area contributed by atoms with Gasteiger partial charge in [-0.1, -0.05) is 24.3 Å². The molecule has 0 bridgehead atoms. The third-order valence-electron chi connectivity index (χ3n) is 3.74. The smallest absolute Gasteiger partial charge is 0.415 e. The van der Waals surface area contributed by atoms with Crippen LogP contribution in [0, 0.1) is 0 Å². The quantitative estimate of drug-likeness (QED) is 0.731. The van der Waals surface area contributed by atoms with Crippen molar-refractivity contribution in [2.24, 2.45) is 0 Å². The molecule has 1 fully saturated rings. The van der Waals surface area contributed by atoms with Gasteiger partial charge in [0.25, 0.3) is 5.79 Å². The first-order valence-corrected chi connectivity index (χ1v) is 7.92. The highest BCUT2D eigenvalue weighted by Crippen LogP contribution is 2.40. The molecule has 6 heteroatoms. The Morgan fingerprint density at radius 3 is 2.54 bits per heavy atom. The van der Waals surface area contributed by atoms with Gasteiger partial charge in [0.1, 0.15) is 5.60 Å². The summed E-state index contributed by atoms with van der Waals surface area (Å²) in [4.78, 5) is 26.7. The normalized spacial score (nSPS) is 21.1. The maximum absolute atomic E-state index is 12.6. The minimum atomic E-state index is -1.49. The summed E-state index contributed by atoms with van der Waals surface area (Å²) in [5.41, 5.74) is 0.445. The van der Waals surface area contributed by atoms with Gasteiger partial charge in [-0.25, -0.2) is 4.79 Å². The molecular weight excluding hydrogens is 310 g/mol. The molecule has 2 heterocycles. The maximum Gasteiger partial charge on any atom is 0.415 e. The van der Waals surface area contributed by atoms with Crippen molar-refractivity contribution in [3.05, 3.63) is 42.0 Å². The van der Waals surface area contributed by atoms with Crippen LogP contribution >= 0.6 is 0 Å². The Labute approximate surface area is 141 Å². The van der Waals surface area contributed by atoms with Gasteiger partial charge in [-0.05, 0) is 32.9 Å². The van der Waals surface area contributed by atoms with E-state index in [1.165, 1.54) is 11.0 Å². The number of ether oxygens (including phenoxy) is 3. The molecule has 1 amide bonds. The van der Waals surface area contributed by atoms with Crippen molar-refractivity contribution < 1.29 is 23.8 Å². The van der Waals surface area contributed by atoms with Gasteiger partial charge >= 0.3 is 6.09 Å². The Kier molecular flexibility index (Phi) is 4.19. The van der Waals surface area contributed by atoms with Gasteiger partial charge in [0.15, 0.2) is 0 Å². The van der Waals surface area contributed by atoms with Crippen LogP contribution in [-0.4, -0.2) is 37.2 Å². The predicted octanol–water partition coefficient (Wildman–Crippen LogP) is 2.77. The number of carbonyl (C=O) groups excluding carboxylic acids is 2. The zero-order valence-electron chi connectivity index (χ0n) is 14.1. The first-order chi connectivity index (χ1) is 11.3. The second kappa shape index (κ2) is 6.03. The minimum Gasteiger partial charge on any atom is -0.443 e. The standard InChI is InChI=1S/C18H21NO5/c1-17(2,3)24-16(21)19-10-6-9-15(20)18(22-11-12-23-18)13-7-4-5-8-14(13)19/h4-9H,10-12H2,1-3H3/b9-6-. The van der Waals surface area contributed by atoms with Crippen LogP contribution < -0.4 is 4.90 Å². The second-order valence-corrected chi connectivity index (χ2v) is 6.69. The summed E-state index contributed by atoms with van der Waals surface area (Å²) in [5.74, 6) is -1.77. The molecule has 128 valence electrons. The van der Waals surface area contributed by atoms with Crippen molar-refractivity contribution in [1.29, 1.82) is 0 Å². The summed E-state index contributed by atoms with van der Waals surface area (Å²) in [6.45, 7) is 6.30. The molecule has 0 radical (unpaired) electrons. The van der Waals surface area contributed by atoms with Crippen molar-refractivity contribution in [2.75, 3.05) is 24.7 Å². The SMILES string of the molecule is CC(C)(C)OC(=O)N1C/C=C\C(=O)C2(OCCO2)c2ccccc21. The molecule has 2 aliphatic heterocycles. The van der Waals surface area contributed by atoms with E-state index in [0.717, 1.165) is 0 Å². The van der Waals surface area contributed by atoms with Crippen LogP contribution in [0.25, 0.3) is 0 Å². The Hall–Kier alpha value is -2.18. The number of fused-ring (bicyclic) bond motifs is 2. The fraction of sp³-hybridized carbons (Fsp3) is 0.444. The molecule has 0 N–H and O–H groups in total. The monoisotopic (exact) mass is 331 g/mol. The molecule has 24 heavy (non-hydrogen) atoms. The lowest BCUT2D eigenvalue weighted by atomic mass is 9.96. The Morgan fingerprint density at radius 2 is 1.88 bits per heavy atom. The summed E-state index contributed by atoms with van der Waals surface area (Å²) >= 11 is 0. The molecule has 1 saturated heterocycles. The van der Waals surface area contributed by atoms with Gasteiger partial charge in [-0.15, -0.1) is 0 Å². The van der Waals surface area contributed by atoms with Crippen LogP contribution in [0.4, 0.5) is 10.5 Å². The van der Waals surface area contributed by atoms with Crippen molar-refractivity contribution >= 4 is 17.6 Å². The Bertz CT molecular complexity index is 683. The van der Waals surface area contributed by atoms with E-state index in [-0.39, 0.29) is 12.3 Å². The van der Waals surface area contributed by atoms with Gasteiger partial charge in [-0.2, -0.15) is 0 Å². The number of rotatable bonds is 0. The number of anilines is 1. The molecule has 1 aromatic rings. The number of hydrogen-bond donors (Lipinski definition) is 0. The molecule has 6 nitrogen and oxygen atoms in total. The second-order valence-electron chi connectivity index (χ2n) is 6.69. The van der Waals surface area contributed by atoms with Crippen molar-refractivity contribution in [3.63, 3.8) is 0 Å². The first kappa shape index (κ1) is 16.7. The van der Waals surface area contributed by atoms with Crippen LogP contribution in [0.3, 0.4) is 0 Å². The lowest BCUT2D eigenvalue weighted by Gasteiger charge is -2.33. The zero-order valence-corrected chi connectivity index (χ0v) is 14.1. The van der Waals surface area contributed by atoms with Gasteiger partial charge in [0.05, 0.1) is 18.9 Å². The summed E-state index contributed by atoms with van der Waals surface area (Å²) < 4.78 is 16.9. The van der Waals surface area contributed by atoms with E-state index in [1.54, 1.807) is 30.3 Å². The highest BCUT2D eigenvalue weighted by Gasteiger charge is 2.48. The molecule has 1 aromatic carbocycles. The summed E-state index contributed by atoms with van der Waals surface area (Å²) in [6, 6.07) is 7.10. The number of benzene rings is 1. The predicted molar refractivity (Wildman–Crippen MR) is 87.8 cm³/mol. The maximum atomic E-state index is 12.6. The van der Waals surface area contributed by atoms with E-state index in [9.17, 15) is 9.59 Å². The zero-order chi connectivity index (χ0) is 17.4. The van der Waals surface area contributed by atoms with E-state index >= 15 is 0 Å². The molecule has 0 aliphatic carbocycles. The summed E-state index contributed by atoms with van der Waals surface area (Å²) in [7, 11) is 0. The molecule has 3 rings (SSSR count). The summed E-state index contributed by atoms with van der Waals surface area (Å²) in [6.07, 6.45) is 2.54. The highest BCUT2D eigenvalue weighted by atomic mass is 16.7. The van der Waals surface area contributed by atoms with E-state index in [4.69, 9.17) is 14.2 Å². The highest BCUT2D eigenvalue weighted by molar-refractivity contribution is 6.00. The van der Waals surface area contributed by atoms with Gasteiger partial charge in [0, 0.05) is 12.1 Å². The van der Waals surface area contributed by atoms with E-state index in [0.29, 0.717) is 24.5 Å². The average Bonchev–Trinajstić information content (AvgIpc) is 2.99. The third kappa shape index (κ3) is 2.95. The molecule has 0 atom stereocenters. The number of ketones is 1. The molecule has 0 unspecified atom stereocenters. The first-order valence-electron chi connectivity index (χ1n) is 7.92. The Balaban J connectivity index is 2.08. The van der Waals surface area contributed by atoms with Crippen molar-refractivity contribution in [3.8, 4) is 0 Å². The number of para-hydroxylation sites is 1. The lowest BCUT2D eigenvalue weighted by Crippen LogP contribution is -2.43. The lowest BCUT2D eigenvalue weighted by molar-refractivity contribution is -0.179. The van der Waals surface area contributed by atoms with E-state index in [2.05, 4.69) is 0 Å². The topological polar surface area (TPSA) is 65.1 Å². The van der Waals surface area contributed by atoms with Crippen LogP contribution in [0.2, 0.25) is 0 Å². The number of hydrogen-bond acceptors (Lipinski definition) is 5. The van der Waals surface area contributed by atoms with E-state index in [1.807, 2.05) is 20.8 Å². The van der Waals surface area contributed by atoms with Crippen molar-refractivity contribution in [2.45, 2.75) is 32.2 Å². The van der Waals surface area contributed by atoms with Gasteiger partial charge in [-0.3, -0.25) is 9.69 Å². The Morgan fingerprint density at radius 1 is 1.21 bits per heavy atom. The van der Waals surface area contributed by atoms with Crippen LogP contribution in [0.15, 0.2) is 36.4 Å². The fourth-order valence-electron chi connectivity index (χ4n) is 2.79. The summed E-state index contributed by atoms with van der Waals surface area (Å²) in [5, 5.41) is 0. The minimum absolute atomic E-state index is 0.230. The van der Waals surface area contributed by atoms with Gasteiger partial charge in [0.2, 0.25) is 5.78 Å². The van der Waals surface area contributed by atoms with E-state index < -0.39 is 17.5 Å². The van der Waals surface area contributed by atoms with Crippen LogP contribution in [0.5, 0.6) is 0 Å². The number of amides is 1. The number of nitrogens with zero attached hydrogens (tertiary/aromatic N) is 1. The molecular formula is C18H21NO5. The molecule has 0 saturated carbocycles. The van der Waals surface area contributed by atoms with Crippen LogP contribution in [-0.2, 0) is 24.8 Å². The third-order valence-corrected chi connectivity index (χ3v) is 3.74. The largest absolute Gasteiger partial charge is 0.443 e.